The minimum atomic E-state index is -1.12. The van der Waals surface area contributed by atoms with Crippen molar-refractivity contribution in [3.05, 3.63) is 64.7 Å². The van der Waals surface area contributed by atoms with Gasteiger partial charge in [-0.2, -0.15) is 4.39 Å². The van der Waals surface area contributed by atoms with Crippen LogP contribution < -0.4 is 4.74 Å². The molecule has 4 nitrogen and oxygen atoms in total. The Bertz CT molecular complexity index is 946. The molecule has 0 saturated carbocycles. The Labute approximate surface area is 150 Å². The first kappa shape index (κ1) is 16.5. The molecule has 0 aromatic heterocycles. The minimum Gasteiger partial charge on any atom is -0.478 e. The Hall–Kier alpha value is -2.95. The van der Waals surface area contributed by atoms with Gasteiger partial charge in [-0.3, -0.25) is 4.99 Å². The van der Waals surface area contributed by atoms with Crippen molar-refractivity contribution in [1.29, 1.82) is 0 Å². The van der Waals surface area contributed by atoms with Gasteiger partial charge in [0.25, 0.3) is 0 Å². The van der Waals surface area contributed by atoms with Crippen LogP contribution in [-0.2, 0) is 12.8 Å². The second kappa shape index (κ2) is 6.75. The fourth-order valence-electron chi connectivity index (χ4n) is 3.48. The minimum absolute atomic E-state index is 0.000760. The first-order valence-electron chi connectivity index (χ1n) is 8.69. The lowest BCUT2D eigenvalue weighted by Gasteiger charge is -2.17. The molecule has 1 aliphatic heterocycles. The van der Waals surface area contributed by atoms with Crippen LogP contribution in [0.5, 0.6) is 11.5 Å². The van der Waals surface area contributed by atoms with E-state index < -0.39 is 11.9 Å². The highest BCUT2D eigenvalue weighted by Crippen LogP contribution is 2.32. The average Bonchev–Trinajstić information content (AvgIpc) is 3.08. The monoisotopic (exact) mass is 351 g/mol. The number of allylic oxidation sites excluding steroid dienone is 1. The summed E-state index contributed by atoms with van der Waals surface area (Å²) in [5.74, 6) is -0.817. The van der Waals surface area contributed by atoms with Crippen LogP contribution >= 0.6 is 0 Å². The third-order valence-electron chi connectivity index (χ3n) is 4.82. The first-order valence-corrected chi connectivity index (χ1v) is 8.69. The Morgan fingerprint density at radius 1 is 1.08 bits per heavy atom. The Morgan fingerprint density at radius 2 is 1.88 bits per heavy atom. The molecule has 0 spiro atoms. The van der Waals surface area contributed by atoms with Gasteiger partial charge in [0.05, 0.1) is 6.54 Å². The molecule has 0 radical (unpaired) electrons. The number of benzene rings is 2. The molecular weight excluding hydrogens is 333 g/mol. The number of nitrogens with zero attached hydrogens (tertiary/aromatic N) is 1. The van der Waals surface area contributed by atoms with Crippen molar-refractivity contribution < 1.29 is 19.0 Å². The molecule has 1 aliphatic carbocycles. The fourth-order valence-corrected chi connectivity index (χ4v) is 3.48. The summed E-state index contributed by atoms with van der Waals surface area (Å²) in [5.41, 5.74) is 3.41. The van der Waals surface area contributed by atoms with E-state index in [4.69, 9.17) is 4.74 Å². The van der Waals surface area contributed by atoms with Gasteiger partial charge in [0.15, 0.2) is 0 Å². The standard InChI is InChI=1S/C21H18FNO3/c22-20-17(9-10-23-20)15-6-8-19(18(12-15)21(24)25)26-16-7-5-13-3-1-2-4-14(13)11-16/h5-9,11-12H,1-4,10H2,(H,24,25). The van der Waals surface area contributed by atoms with E-state index in [0.29, 0.717) is 16.9 Å². The van der Waals surface area contributed by atoms with Crippen molar-refractivity contribution in [1.82, 2.24) is 0 Å². The maximum atomic E-state index is 13.7. The lowest BCUT2D eigenvalue weighted by Crippen LogP contribution is -2.04. The fraction of sp³-hybridized carbons (Fsp3) is 0.238. The molecule has 1 heterocycles. The van der Waals surface area contributed by atoms with Crippen LogP contribution in [0.25, 0.3) is 5.57 Å². The number of hydrogen-bond acceptors (Lipinski definition) is 3. The number of aryl methyl sites for hydroxylation is 2. The maximum Gasteiger partial charge on any atom is 0.339 e. The van der Waals surface area contributed by atoms with Gasteiger partial charge in [-0.15, -0.1) is 0 Å². The topological polar surface area (TPSA) is 58.9 Å². The van der Waals surface area contributed by atoms with Crippen LogP contribution in [0.4, 0.5) is 4.39 Å². The second-order valence-electron chi connectivity index (χ2n) is 6.51. The van der Waals surface area contributed by atoms with E-state index in [1.165, 1.54) is 23.6 Å². The number of ether oxygens (including phenoxy) is 1. The van der Waals surface area contributed by atoms with E-state index in [2.05, 4.69) is 4.99 Å². The van der Waals surface area contributed by atoms with Crippen molar-refractivity contribution in [2.24, 2.45) is 4.99 Å². The molecule has 0 unspecified atom stereocenters. The summed E-state index contributed by atoms with van der Waals surface area (Å²) in [6, 6.07) is 10.6. The van der Waals surface area contributed by atoms with Crippen LogP contribution in [0.2, 0.25) is 0 Å². The predicted octanol–water partition coefficient (Wildman–Crippen LogP) is 4.82. The molecule has 0 bridgehead atoms. The number of aliphatic imine (C=N–C) groups is 1. The maximum absolute atomic E-state index is 13.7. The molecule has 0 saturated heterocycles. The lowest BCUT2D eigenvalue weighted by molar-refractivity contribution is 0.0694. The van der Waals surface area contributed by atoms with Gasteiger partial charge in [0.1, 0.15) is 17.1 Å². The number of carboxylic acids is 1. The zero-order chi connectivity index (χ0) is 18.1. The molecule has 0 fully saturated rings. The molecule has 2 aliphatic rings. The Balaban J connectivity index is 1.66. The van der Waals surface area contributed by atoms with Crippen molar-refractivity contribution in [2.45, 2.75) is 25.7 Å². The van der Waals surface area contributed by atoms with Crippen LogP contribution in [0.3, 0.4) is 0 Å². The van der Waals surface area contributed by atoms with Crippen molar-refractivity contribution in [3.63, 3.8) is 0 Å². The lowest BCUT2D eigenvalue weighted by atomic mass is 9.92. The zero-order valence-electron chi connectivity index (χ0n) is 14.2. The number of halogens is 1. The van der Waals surface area contributed by atoms with E-state index in [1.54, 1.807) is 18.2 Å². The van der Waals surface area contributed by atoms with Gasteiger partial charge in [-0.1, -0.05) is 18.2 Å². The number of carboxylic acid groups (broad SMARTS) is 1. The third kappa shape index (κ3) is 3.12. The summed E-state index contributed by atoms with van der Waals surface area (Å²) in [5, 5.41) is 9.55. The van der Waals surface area contributed by atoms with E-state index in [1.807, 2.05) is 18.2 Å². The van der Waals surface area contributed by atoms with E-state index in [-0.39, 0.29) is 17.9 Å². The van der Waals surface area contributed by atoms with Crippen LogP contribution in [-0.4, -0.2) is 23.6 Å². The predicted molar refractivity (Wildman–Crippen MR) is 97.9 cm³/mol. The van der Waals surface area contributed by atoms with Gasteiger partial charge >= 0.3 is 5.97 Å². The number of hydrogen-bond donors (Lipinski definition) is 1. The Morgan fingerprint density at radius 3 is 2.62 bits per heavy atom. The van der Waals surface area contributed by atoms with Crippen LogP contribution in [0.1, 0.15) is 39.9 Å². The molecule has 0 atom stereocenters. The van der Waals surface area contributed by atoms with Crippen LogP contribution in [0, 0.1) is 0 Å². The van der Waals surface area contributed by atoms with Gasteiger partial charge in [-0.25, -0.2) is 4.79 Å². The van der Waals surface area contributed by atoms with Gasteiger partial charge in [0, 0.05) is 5.57 Å². The SMILES string of the molecule is O=C(O)c1cc(C2=CCN=C2F)ccc1Oc1ccc2c(c1)CCCC2. The number of fused-ring (bicyclic) bond motifs is 1. The Kier molecular flexibility index (Phi) is 4.29. The zero-order valence-corrected chi connectivity index (χ0v) is 14.2. The smallest absolute Gasteiger partial charge is 0.339 e. The van der Waals surface area contributed by atoms with E-state index >= 15 is 0 Å². The van der Waals surface area contributed by atoms with E-state index in [9.17, 15) is 14.3 Å². The van der Waals surface area contributed by atoms with Crippen LogP contribution in [0.15, 0.2) is 47.5 Å². The van der Waals surface area contributed by atoms with Crippen molar-refractivity contribution in [3.8, 4) is 11.5 Å². The van der Waals surface area contributed by atoms with Crippen molar-refractivity contribution >= 4 is 17.5 Å². The first-order chi connectivity index (χ1) is 12.6. The summed E-state index contributed by atoms with van der Waals surface area (Å²) < 4.78 is 19.6. The number of carbonyl (C=O) groups is 1. The molecule has 132 valence electrons. The van der Waals surface area contributed by atoms with Gasteiger partial charge < -0.3 is 9.84 Å². The summed E-state index contributed by atoms with van der Waals surface area (Å²) in [6.45, 7) is 0.275. The molecule has 0 amide bonds. The molecule has 26 heavy (non-hydrogen) atoms. The highest BCUT2D eigenvalue weighted by molar-refractivity contribution is 6.20. The second-order valence-corrected chi connectivity index (χ2v) is 6.51. The number of aromatic carboxylic acids is 1. The summed E-state index contributed by atoms with van der Waals surface area (Å²) >= 11 is 0. The molecule has 1 N–H and O–H groups in total. The average molecular weight is 351 g/mol. The largest absolute Gasteiger partial charge is 0.478 e. The normalized spacial score (nSPS) is 15.9. The quantitative estimate of drug-likeness (QED) is 0.859. The van der Waals surface area contributed by atoms with Crippen molar-refractivity contribution in [2.75, 3.05) is 6.54 Å². The summed E-state index contributed by atoms with van der Waals surface area (Å²) in [7, 11) is 0. The summed E-state index contributed by atoms with van der Waals surface area (Å²) in [4.78, 5) is 15.3. The highest BCUT2D eigenvalue weighted by atomic mass is 19.1. The third-order valence-corrected chi connectivity index (χ3v) is 4.82. The van der Waals surface area contributed by atoms with Gasteiger partial charge in [-0.05, 0) is 66.6 Å². The van der Waals surface area contributed by atoms with E-state index in [0.717, 1.165) is 19.3 Å². The number of rotatable bonds is 4. The molecule has 2 aromatic rings. The molecule has 4 rings (SSSR count). The molecule has 5 heteroatoms. The highest BCUT2D eigenvalue weighted by Gasteiger charge is 2.19. The molecule has 2 aromatic carbocycles. The summed E-state index contributed by atoms with van der Waals surface area (Å²) in [6.07, 6.45) is 6.10. The van der Waals surface area contributed by atoms with Gasteiger partial charge in [0.2, 0.25) is 5.97 Å². The molecular formula is C21H18FNO3.